The SMILES string of the molecule is CCN(CC)S(=O)(=O)c1ccc(O)c(NC(=O)c2ccc(=O)[nH]c2)c1. The summed E-state index contributed by atoms with van der Waals surface area (Å²) in [5.74, 6) is -0.861. The summed E-state index contributed by atoms with van der Waals surface area (Å²) in [6.07, 6.45) is 1.23. The molecule has 9 heteroatoms. The number of hydrogen-bond donors (Lipinski definition) is 3. The first-order valence-corrected chi connectivity index (χ1v) is 9.06. The second-order valence-electron chi connectivity index (χ2n) is 5.16. The summed E-state index contributed by atoms with van der Waals surface area (Å²) < 4.78 is 26.4. The van der Waals surface area contributed by atoms with Crippen molar-refractivity contribution < 1.29 is 18.3 Å². The number of aromatic hydroxyl groups is 1. The predicted octanol–water partition coefficient (Wildman–Crippen LogP) is 1.36. The lowest BCUT2D eigenvalue weighted by Crippen LogP contribution is -2.30. The van der Waals surface area contributed by atoms with Gasteiger partial charge in [0.2, 0.25) is 15.6 Å². The van der Waals surface area contributed by atoms with E-state index in [-0.39, 0.29) is 27.5 Å². The number of phenols is 1. The van der Waals surface area contributed by atoms with Crippen molar-refractivity contribution in [1.82, 2.24) is 9.29 Å². The minimum atomic E-state index is -3.72. The standard InChI is InChI=1S/C16H19N3O5S/c1-3-19(4-2)25(23,24)12-6-7-14(20)13(9-12)18-16(22)11-5-8-15(21)17-10-11/h5-10,20H,3-4H2,1-2H3,(H,17,21)(H,18,22). The van der Waals surface area contributed by atoms with Gasteiger partial charge < -0.3 is 15.4 Å². The summed E-state index contributed by atoms with van der Waals surface area (Å²) in [5.41, 5.74) is -0.229. The van der Waals surface area contributed by atoms with E-state index in [2.05, 4.69) is 10.3 Å². The molecule has 0 spiro atoms. The van der Waals surface area contributed by atoms with Crippen LogP contribution in [0.2, 0.25) is 0 Å². The van der Waals surface area contributed by atoms with E-state index >= 15 is 0 Å². The number of carbonyl (C=O) groups is 1. The third-order valence-corrected chi connectivity index (χ3v) is 5.65. The molecule has 1 heterocycles. The van der Waals surface area contributed by atoms with Crippen LogP contribution in [0.5, 0.6) is 5.75 Å². The predicted molar refractivity (Wildman–Crippen MR) is 93.2 cm³/mol. The molecule has 0 atom stereocenters. The van der Waals surface area contributed by atoms with E-state index < -0.39 is 15.9 Å². The first-order valence-electron chi connectivity index (χ1n) is 7.62. The summed E-state index contributed by atoms with van der Waals surface area (Å²) in [6.45, 7) is 4.05. The molecule has 8 nitrogen and oxygen atoms in total. The summed E-state index contributed by atoms with van der Waals surface area (Å²) in [4.78, 5) is 25.5. The van der Waals surface area contributed by atoms with Crippen LogP contribution in [-0.2, 0) is 10.0 Å². The highest BCUT2D eigenvalue weighted by Gasteiger charge is 2.23. The average molecular weight is 365 g/mol. The number of nitrogens with zero attached hydrogens (tertiary/aromatic N) is 1. The van der Waals surface area contributed by atoms with Gasteiger partial charge in [0.25, 0.3) is 5.91 Å². The first kappa shape index (κ1) is 18.7. The van der Waals surface area contributed by atoms with Gasteiger partial charge in [-0.2, -0.15) is 4.31 Å². The largest absolute Gasteiger partial charge is 0.506 e. The summed E-state index contributed by atoms with van der Waals surface area (Å²) >= 11 is 0. The fourth-order valence-electron chi connectivity index (χ4n) is 2.23. The molecular weight excluding hydrogens is 346 g/mol. The second-order valence-corrected chi connectivity index (χ2v) is 7.10. The Morgan fingerprint density at radius 3 is 2.44 bits per heavy atom. The van der Waals surface area contributed by atoms with E-state index in [0.29, 0.717) is 13.1 Å². The van der Waals surface area contributed by atoms with Crippen molar-refractivity contribution >= 4 is 21.6 Å². The van der Waals surface area contributed by atoms with Gasteiger partial charge in [-0.3, -0.25) is 9.59 Å². The van der Waals surface area contributed by atoms with Crippen LogP contribution < -0.4 is 10.9 Å². The molecule has 0 aliphatic carbocycles. The van der Waals surface area contributed by atoms with Crippen LogP contribution in [0.3, 0.4) is 0 Å². The number of anilines is 1. The zero-order valence-electron chi connectivity index (χ0n) is 13.8. The van der Waals surface area contributed by atoms with Crippen LogP contribution in [0, 0.1) is 0 Å². The van der Waals surface area contributed by atoms with Crippen molar-refractivity contribution in [3.05, 3.63) is 52.4 Å². The molecule has 0 bridgehead atoms. The topological polar surface area (TPSA) is 120 Å². The molecular formula is C16H19N3O5S. The molecule has 0 saturated heterocycles. The number of phenolic OH excluding ortho intramolecular Hbond substituents is 1. The molecule has 0 aliphatic heterocycles. The van der Waals surface area contributed by atoms with Gasteiger partial charge in [-0.25, -0.2) is 8.42 Å². The van der Waals surface area contributed by atoms with E-state index in [1.165, 1.54) is 40.8 Å². The Labute approximate surface area is 145 Å². The van der Waals surface area contributed by atoms with Crippen molar-refractivity contribution in [2.75, 3.05) is 18.4 Å². The normalized spacial score (nSPS) is 11.5. The monoisotopic (exact) mass is 365 g/mol. The Balaban J connectivity index is 2.35. The van der Waals surface area contributed by atoms with Gasteiger partial charge in [-0.05, 0) is 24.3 Å². The average Bonchev–Trinajstić information content (AvgIpc) is 2.58. The third kappa shape index (κ3) is 4.06. The maximum absolute atomic E-state index is 12.5. The number of carbonyl (C=O) groups excluding carboxylic acids is 1. The van der Waals surface area contributed by atoms with Crippen LogP contribution in [0.1, 0.15) is 24.2 Å². The molecule has 0 radical (unpaired) electrons. The fraction of sp³-hybridized carbons (Fsp3) is 0.250. The van der Waals surface area contributed by atoms with Crippen molar-refractivity contribution in [3.63, 3.8) is 0 Å². The smallest absolute Gasteiger partial charge is 0.257 e. The van der Waals surface area contributed by atoms with E-state index in [1.807, 2.05) is 0 Å². The van der Waals surface area contributed by atoms with Crippen molar-refractivity contribution in [3.8, 4) is 5.75 Å². The Morgan fingerprint density at radius 1 is 1.20 bits per heavy atom. The van der Waals surface area contributed by atoms with Crippen molar-refractivity contribution in [1.29, 1.82) is 0 Å². The molecule has 134 valence electrons. The van der Waals surface area contributed by atoms with E-state index in [9.17, 15) is 23.1 Å². The minimum absolute atomic E-state index is 0.0363. The Bertz CT molecular complexity index is 913. The highest BCUT2D eigenvalue weighted by Crippen LogP contribution is 2.28. The molecule has 1 aromatic heterocycles. The number of sulfonamides is 1. The molecule has 1 amide bonds. The number of benzene rings is 1. The quantitative estimate of drug-likeness (QED) is 0.668. The molecule has 25 heavy (non-hydrogen) atoms. The second kappa shape index (κ2) is 7.49. The van der Waals surface area contributed by atoms with E-state index in [0.717, 1.165) is 0 Å². The van der Waals surface area contributed by atoms with Crippen LogP contribution in [-0.4, -0.2) is 41.8 Å². The summed E-state index contributed by atoms with van der Waals surface area (Å²) in [6, 6.07) is 6.20. The van der Waals surface area contributed by atoms with Crippen LogP contribution >= 0.6 is 0 Å². The first-order chi connectivity index (χ1) is 11.8. The van der Waals surface area contributed by atoms with Crippen molar-refractivity contribution in [2.24, 2.45) is 0 Å². The molecule has 3 N–H and O–H groups in total. The number of H-pyrrole nitrogens is 1. The highest BCUT2D eigenvalue weighted by atomic mass is 32.2. The highest BCUT2D eigenvalue weighted by molar-refractivity contribution is 7.89. The Hall–Kier alpha value is -2.65. The molecule has 0 saturated carbocycles. The minimum Gasteiger partial charge on any atom is -0.506 e. The number of nitrogens with one attached hydrogen (secondary N) is 2. The van der Waals surface area contributed by atoms with Gasteiger partial charge in [0.1, 0.15) is 5.75 Å². The molecule has 2 aromatic rings. The van der Waals surface area contributed by atoms with E-state index in [4.69, 9.17) is 0 Å². The third-order valence-electron chi connectivity index (χ3n) is 3.61. The molecule has 1 aromatic carbocycles. The number of pyridine rings is 1. The van der Waals surface area contributed by atoms with Crippen LogP contribution in [0.15, 0.2) is 46.2 Å². The van der Waals surface area contributed by atoms with Gasteiger partial charge >= 0.3 is 0 Å². The van der Waals surface area contributed by atoms with Gasteiger partial charge in [-0.1, -0.05) is 13.8 Å². The maximum Gasteiger partial charge on any atom is 0.257 e. The number of hydrogen-bond acceptors (Lipinski definition) is 5. The van der Waals surface area contributed by atoms with E-state index in [1.54, 1.807) is 13.8 Å². The molecule has 0 aliphatic rings. The lowest BCUT2D eigenvalue weighted by atomic mass is 10.2. The lowest BCUT2D eigenvalue weighted by Gasteiger charge is -2.19. The fourth-order valence-corrected chi connectivity index (χ4v) is 3.72. The molecule has 0 unspecified atom stereocenters. The maximum atomic E-state index is 12.5. The number of aromatic amines is 1. The number of aromatic nitrogens is 1. The van der Waals surface area contributed by atoms with Gasteiger partial charge in [0, 0.05) is 25.4 Å². The summed E-state index contributed by atoms with van der Waals surface area (Å²) in [5, 5.41) is 12.4. The van der Waals surface area contributed by atoms with Crippen molar-refractivity contribution in [2.45, 2.75) is 18.7 Å². The zero-order chi connectivity index (χ0) is 18.6. The lowest BCUT2D eigenvalue weighted by molar-refractivity contribution is 0.102. The number of amides is 1. The van der Waals surface area contributed by atoms with Gasteiger partial charge in [-0.15, -0.1) is 0 Å². The van der Waals surface area contributed by atoms with Gasteiger partial charge in [0.15, 0.2) is 0 Å². The number of rotatable bonds is 6. The zero-order valence-corrected chi connectivity index (χ0v) is 14.6. The summed E-state index contributed by atoms with van der Waals surface area (Å²) in [7, 11) is -3.72. The molecule has 0 fully saturated rings. The van der Waals surface area contributed by atoms with Crippen LogP contribution in [0.4, 0.5) is 5.69 Å². The Morgan fingerprint density at radius 2 is 1.88 bits per heavy atom. The van der Waals surface area contributed by atoms with Crippen LogP contribution in [0.25, 0.3) is 0 Å². The Kier molecular flexibility index (Phi) is 5.60. The van der Waals surface area contributed by atoms with Gasteiger partial charge in [0.05, 0.1) is 16.1 Å². The molecule has 2 rings (SSSR count).